The maximum Gasteiger partial charge on any atom is 0.257 e. The van der Waals surface area contributed by atoms with Crippen molar-refractivity contribution in [3.05, 3.63) is 17.9 Å². The van der Waals surface area contributed by atoms with Crippen molar-refractivity contribution < 1.29 is 4.79 Å². The number of hydrogen-bond acceptors (Lipinski definition) is 1. The highest BCUT2D eigenvalue weighted by Gasteiger charge is 2.21. The van der Waals surface area contributed by atoms with Crippen LogP contribution in [-0.2, 0) is 4.79 Å². The fourth-order valence-electron chi connectivity index (χ4n) is 0.882. The van der Waals surface area contributed by atoms with Crippen LogP contribution < -0.4 is 0 Å². The second-order valence-electron chi connectivity index (χ2n) is 2.13. The molecule has 9 heavy (non-hydrogen) atoms. The molecule has 0 N–H and O–H groups in total. The average Bonchev–Trinajstić information content (AvgIpc) is 2.15. The summed E-state index contributed by atoms with van der Waals surface area (Å²) in [7, 11) is 1.78. The lowest BCUT2D eigenvalue weighted by atomic mass is 10.2. The fourth-order valence-corrected chi connectivity index (χ4v) is 0.882. The Balaban J connectivity index is 2.86. The molecule has 2 nitrogen and oxygen atoms in total. The number of carbonyl (C=O) groups excluding carboxylic acids is 1. The molecule has 1 saturated heterocycles. The van der Waals surface area contributed by atoms with Gasteiger partial charge in [-0.3, -0.25) is 4.79 Å². The van der Waals surface area contributed by atoms with E-state index in [0.717, 1.165) is 18.5 Å². The number of amides is 1. The smallest absolute Gasteiger partial charge is 0.257 e. The Labute approximate surface area is 54.5 Å². The van der Waals surface area contributed by atoms with Gasteiger partial charge < -0.3 is 4.90 Å². The van der Waals surface area contributed by atoms with Crippen LogP contribution in [0.2, 0.25) is 0 Å². The van der Waals surface area contributed by atoms with Crippen molar-refractivity contribution in [2.24, 2.45) is 0 Å². The van der Waals surface area contributed by atoms with Crippen molar-refractivity contribution >= 4 is 5.91 Å². The topological polar surface area (TPSA) is 20.3 Å². The van der Waals surface area contributed by atoms with Crippen molar-refractivity contribution in [1.82, 2.24) is 4.90 Å². The SMILES string of the molecule is C=C=C1CCN(C)C1=O. The molecule has 0 radical (unpaired) electrons. The Morgan fingerprint density at radius 3 is 2.67 bits per heavy atom. The Hall–Kier alpha value is -1.01. The van der Waals surface area contributed by atoms with Crippen molar-refractivity contribution in [3.63, 3.8) is 0 Å². The first-order chi connectivity index (χ1) is 4.25. The van der Waals surface area contributed by atoms with Gasteiger partial charge in [-0.25, -0.2) is 0 Å². The van der Waals surface area contributed by atoms with Crippen LogP contribution in [0.4, 0.5) is 0 Å². The van der Waals surface area contributed by atoms with E-state index in [1.165, 1.54) is 0 Å². The normalized spacial score (nSPS) is 18.6. The maximum absolute atomic E-state index is 10.9. The molecule has 1 heterocycles. The Morgan fingerprint density at radius 1 is 1.78 bits per heavy atom. The zero-order chi connectivity index (χ0) is 6.85. The van der Waals surface area contributed by atoms with E-state index in [2.05, 4.69) is 12.3 Å². The fraction of sp³-hybridized carbons (Fsp3) is 0.429. The minimum atomic E-state index is 0.0741. The zero-order valence-corrected chi connectivity index (χ0v) is 5.48. The summed E-state index contributed by atoms with van der Waals surface area (Å²) in [4.78, 5) is 12.6. The maximum atomic E-state index is 10.9. The second kappa shape index (κ2) is 2.08. The van der Waals surface area contributed by atoms with Crippen LogP contribution in [0.5, 0.6) is 0 Å². The van der Waals surface area contributed by atoms with E-state index in [1.807, 2.05) is 0 Å². The zero-order valence-electron chi connectivity index (χ0n) is 5.48. The summed E-state index contributed by atoms with van der Waals surface area (Å²) in [5.74, 6) is 0.0741. The Bertz CT molecular complexity index is 189. The van der Waals surface area contributed by atoms with Crippen molar-refractivity contribution in [1.29, 1.82) is 0 Å². The van der Waals surface area contributed by atoms with E-state index in [-0.39, 0.29) is 5.91 Å². The molecule has 2 heteroatoms. The van der Waals surface area contributed by atoms with E-state index in [9.17, 15) is 4.79 Å². The van der Waals surface area contributed by atoms with Gasteiger partial charge in [-0.1, -0.05) is 6.58 Å². The van der Waals surface area contributed by atoms with Crippen molar-refractivity contribution in [3.8, 4) is 0 Å². The number of likely N-dealkylation sites (tertiary alicyclic amines) is 1. The first kappa shape index (κ1) is 6.12. The molecule has 1 rings (SSSR count). The van der Waals surface area contributed by atoms with Gasteiger partial charge >= 0.3 is 0 Å². The van der Waals surface area contributed by atoms with Gasteiger partial charge in [0.25, 0.3) is 5.91 Å². The van der Waals surface area contributed by atoms with Crippen LogP contribution in [0.25, 0.3) is 0 Å². The van der Waals surface area contributed by atoms with Gasteiger partial charge in [0.15, 0.2) is 0 Å². The summed E-state index contributed by atoms with van der Waals surface area (Å²) in [6.45, 7) is 4.23. The van der Waals surface area contributed by atoms with Crippen LogP contribution in [0, 0.1) is 0 Å². The molecule has 1 aliphatic rings. The average molecular weight is 123 g/mol. The third-order valence-electron chi connectivity index (χ3n) is 1.52. The molecule has 0 atom stereocenters. The van der Waals surface area contributed by atoms with Crippen molar-refractivity contribution in [2.75, 3.05) is 13.6 Å². The third kappa shape index (κ3) is 0.889. The molecular formula is C7H9NO. The number of nitrogens with zero attached hydrogens (tertiary/aromatic N) is 1. The van der Waals surface area contributed by atoms with Gasteiger partial charge in [-0.2, -0.15) is 0 Å². The first-order valence-electron chi connectivity index (χ1n) is 2.90. The van der Waals surface area contributed by atoms with Gasteiger partial charge in [0.1, 0.15) is 0 Å². The van der Waals surface area contributed by atoms with Gasteiger partial charge in [0, 0.05) is 20.0 Å². The summed E-state index contributed by atoms with van der Waals surface area (Å²) < 4.78 is 0. The van der Waals surface area contributed by atoms with Crippen LogP contribution in [0.3, 0.4) is 0 Å². The summed E-state index contributed by atoms with van der Waals surface area (Å²) in [5.41, 5.74) is 3.34. The van der Waals surface area contributed by atoms with E-state index < -0.39 is 0 Å². The molecular weight excluding hydrogens is 114 g/mol. The molecule has 0 unspecified atom stereocenters. The highest BCUT2D eigenvalue weighted by molar-refractivity contribution is 5.95. The molecule has 1 amide bonds. The molecule has 1 fully saturated rings. The molecule has 0 aromatic heterocycles. The predicted molar refractivity (Wildman–Crippen MR) is 34.9 cm³/mol. The number of carbonyl (C=O) groups is 1. The van der Waals surface area contributed by atoms with E-state index in [1.54, 1.807) is 11.9 Å². The number of rotatable bonds is 0. The molecule has 0 aromatic carbocycles. The van der Waals surface area contributed by atoms with Gasteiger partial charge in [0.2, 0.25) is 0 Å². The van der Waals surface area contributed by atoms with Crippen LogP contribution in [-0.4, -0.2) is 24.4 Å². The predicted octanol–water partition coefficient (Wildman–Crippen LogP) is 0.560. The summed E-state index contributed by atoms with van der Waals surface area (Å²) >= 11 is 0. The number of hydrogen-bond donors (Lipinski definition) is 0. The molecule has 0 spiro atoms. The largest absolute Gasteiger partial charge is 0.341 e. The van der Waals surface area contributed by atoms with E-state index >= 15 is 0 Å². The lowest BCUT2D eigenvalue weighted by molar-refractivity contribution is -0.123. The highest BCUT2D eigenvalue weighted by atomic mass is 16.2. The van der Waals surface area contributed by atoms with E-state index in [4.69, 9.17) is 0 Å². The molecule has 0 saturated carbocycles. The van der Waals surface area contributed by atoms with Gasteiger partial charge in [-0.05, 0) is 0 Å². The molecule has 0 aromatic rings. The van der Waals surface area contributed by atoms with Gasteiger partial charge in [-0.15, -0.1) is 5.73 Å². The Kier molecular flexibility index (Phi) is 1.41. The monoisotopic (exact) mass is 123 g/mol. The molecule has 1 aliphatic heterocycles. The highest BCUT2D eigenvalue weighted by Crippen LogP contribution is 2.12. The summed E-state index contributed by atoms with van der Waals surface area (Å²) in [6.07, 6.45) is 0.804. The molecule has 0 aliphatic carbocycles. The molecule has 48 valence electrons. The van der Waals surface area contributed by atoms with Crippen LogP contribution in [0.1, 0.15) is 6.42 Å². The molecule has 0 bridgehead atoms. The Morgan fingerprint density at radius 2 is 2.44 bits per heavy atom. The third-order valence-corrected chi connectivity index (χ3v) is 1.52. The second-order valence-corrected chi connectivity index (χ2v) is 2.13. The minimum absolute atomic E-state index is 0.0741. The van der Waals surface area contributed by atoms with Crippen LogP contribution in [0.15, 0.2) is 17.9 Å². The minimum Gasteiger partial charge on any atom is -0.341 e. The van der Waals surface area contributed by atoms with E-state index in [0.29, 0.717) is 0 Å². The standard InChI is InChI=1S/C7H9NO/c1-3-6-4-5-8(2)7(6)9/h1,4-5H2,2H3. The first-order valence-corrected chi connectivity index (χ1v) is 2.90. The van der Waals surface area contributed by atoms with Gasteiger partial charge in [0.05, 0.1) is 5.57 Å². The van der Waals surface area contributed by atoms with Crippen LogP contribution >= 0.6 is 0 Å². The summed E-state index contributed by atoms with van der Waals surface area (Å²) in [6, 6.07) is 0. The van der Waals surface area contributed by atoms with Crippen molar-refractivity contribution in [2.45, 2.75) is 6.42 Å². The lowest BCUT2D eigenvalue weighted by Crippen LogP contribution is -2.18. The lowest BCUT2D eigenvalue weighted by Gasteiger charge is -2.03. The quantitative estimate of drug-likeness (QED) is 0.340. The summed E-state index contributed by atoms with van der Waals surface area (Å²) in [5, 5.41) is 0. The number of likely N-dealkylation sites (N-methyl/N-ethyl adjacent to an activating group) is 1.